The highest BCUT2D eigenvalue weighted by Gasteiger charge is 2.47. The van der Waals surface area contributed by atoms with E-state index in [0.29, 0.717) is 17.7 Å². The van der Waals surface area contributed by atoms with Crippen LogP contribution in [-0.4, -0.2) is 52.7 Å². The molecule has 2 aromatic rings. The van der Waals surface area contributed by atoms with Gasteiger partial charge in [-0.2, -0.15) is 26.3 Å². The first-order valence-electron chi connectivity index (χ1n) is 12.4. The van der Waals surface area contributed by atoms with Crippen molar-refractivity contribution in [3.8, 4) is 0 Å². The zero-order valence-electron chi connectivity index (χ0n) is 22.5. The number of carbonyl (C=O) groups excluding carboxylic acids is 1. The fourth-order valence-corrected chi connectivity index (χ4v) is 5.56. The molecule has 41 heavy (non-hydrogen) atoms. The van der Waals surface area contributed by atoms with Crippen molar-refractivity contribution in [1.82, 2.24) is 15.1 Å². The molecule has 0 aliphatic carbocycles. The number of hydrogen-bond acceptors (Lipinski definition) is 2. The van der Waals surface area contributed by atoms with E-state index in [1.54, 1.807) is 18.2 Å². The number of alkyl halides is 6. The second-order valence-corrected chi connectivity index (χ2v) is 11.9. The molecule has 1 fully saturated rings. The summed E-state index contributed by atoms with van der Waals surface area (Å²) < 4.78 is 79.8. The van der Waals surface area contributed by atoms with Crippen molar-refractivity contribution in [2.45, 2.75) is 64.1 Å². The van der Waals surface area contributed by atoms with Gasteiger partial charge in [0.25, 0.3) is 0 Å². The van der Waals surface area contributed by atoms with E-state index in [0.717, 1.165) is 4.90 Å². The maximum Gasteiger partial charge on any atom is 0.416 e. The van der Waals surface area contributed by atoms with E-state index in [2.05, 4.69) is 5.32 Å². The van der Waals surface area contributed by atoms with Crippen LogP contribution in [-0.2, 0) is 18.9 Å². The summed E-state index contributed by atoms with van der Waals surface area (Å²) in [5.41, 5.74) is -3.34. The Morgan fingerprint density at radius 2 is 1.54 bits per heavy atom. The van der Waals surface area contributed by atoms with Gasteiger partial charge >= 0.3 is 24.5 Å². The van der Waals surface area contributed by atoms with Gasteiger partial charge < -0.3 is 20.2 Å². The molecule has 1 aliphatic heterocycles. The summed E-state index contributed by atoms with van der Waals surface area (Å²) in [7, 11) is 1.24. The number of carboxylic acid groups (broad SMARTS) is 1. The lowest BCUT2D eigenvalue weighted by Gasteiger charge is -2.50. The van der Waals surface area contributed by atoms with Crippen LogP contribution in [0.5, 0.6) is 0 Å². The molecule has 1 heterocycles. The third kappa shape index (κ3) is 7.71. The van der Waals surface area contributed by atoms with Gasteiger partial charge in [0, 0.05) is 38.1 Å². The first-order valence-corrected chi connectivity index (χ1v) is 13.2. The largest absolute Gasteiger partial charge is 0.465 e. The van der Waals surface area contributed by atoms with Crippen molar-refractivity contribution >= 4 is 35.3 Å². The lowest BCUT2D eigenvalue weighted by Crippen LogP contribution is -2.61. The molecule has 0 saturated carbocycles. The molecule has 1 aliphatic rings. The topological polar surface area (TPSA) is 72.9 Å². The van der Waals surface area contributed by atoms with E-state index in [1.807, 2.05) is 20.8 Å². The number of piperidine rings is 1. The summed E-state index contributed by atoms with van der Waals surface area (Å²) in [6, 6.07) is 3.91. The average Bonchev–Trinajstić information content (AvgIpc) is 2.83. The fraction of sp³-hybridized carbons (Fsp3) is 0.481. The second-order valence-electron chi connectivity index (χ2n) is 11.1. The van der Waals surface area contributed by atoms with Crippen LogP contribution in [0.3, 0.4) is 0 Å². The number of carbonyl (C=O) groups is 2. The maximum atomic E-state index is 13.3. The van der Waals surface area contributed by atoms with Crippen molar-refractivity contribution in [2.75, 3.05) is 13.6 Å². The van der Waals surface area contributed by atoms with Crippen molar-refractivity contribution < 1.29 is 41.0 Å². The molecule has 6 nitrogen and oxygen atoms in total. The Balaban J connectivity index is 1.95. The minimum atomic E-state index is -5.02. The van der Waals surface area contributed by atoms with E-state index < -0.39 is 65.6 Å². The predicted molar refractivity (Wildman–Crippen MR) is 142 cm³/mol. The molecule has 14 heteroatoms. The summed E-state index contributed by atoms with van der Waals surface area (Å²) in [6.07, 6.45) is -11.0. The highest BCUT2D eigenvalue weighted by atomic mass is 35.5. The van der Waals surface area contributed by atoms with Crippen LogP contribution in [0.2, 0.25) is 10.0 Å². The Kier molecular flexibility index (Phi) is 9.39. The SMILES string of the molecule is CN(Cc1cc(C(F)(F)F)cc(C(F)(F)F)c1)C(=O)N[C@@H]1CCN(C(=O)O)C(C(C)(C)C)[C@@H]1c1ccc(Cl)c(Cl)c1. The van der Waals surface area contributed by atoms with E-state index in [4.69, 9.17) is 23.2 Å². The van der Waals surface area contributed by atoms with Crippen LogP contribution in [0.1, 0.15) is 55.4 Å². The number of hydrogen-bond donors (Lipinski definition) is 2. The van der Waals surface area contributed by atoms with Crippen molar-refractivity contribution in [3.63, 3.8) is 0 Å². The zero-order valence-corrected chi connectivity index (χ0v) is 24.0. The smallest absolute Gasteiger partial charge is 0.416 e. The normalized spacial score (nSPS) is 20.1. The van der Waals surface area contributed by atoms with Gasteiger partial charge in [-0.1, -0.05) is 50.0 Å². The molecule has 1 unspecified atom stereocenters. The molecule has 3 atom stereocenters. The number of nitrogens with zero attached hydrogens (tertiary/aromatic N) is 2. The van der Waals surface area contributed by atoms with Crippen LogP contribution >= 0.6 is 23.2 Å². The number of likely N-dealkylation sites (tertiary alicyclic amines) is 1. The minimum Gasteiger partial charge on any atom is -0.465 e. The zero-order chi connectivity index (χ0) is 31.1. The number of urea groups is 1. The van der Waals surface area contributed by atoms with Crippen LogP contribution in [0.15, 0.2) is 36.4 Å². The van der Waals surface area contributed by atoms with Gasteiger partial charge in [-0.05, 0) is 53.3 Å². The van der Waals surface area contributed by atoms with E-state index in [1.165, 1.54) is 11.9 Å². The number of nitrogens with one attached hydrogen (secondary N) is 1. The average molecular weight is 628 g/mol. The first-order chi connectivity index (χ1) is 18.7. The van der Waals surface area contributed by atoms with E-state index in [-0.39, 0.29) is 34.6 Å². The number of amides is 3. The summed E-state index contributed by atoms with van der Waals surface area (Å²) in [4.78, 5) is 27.7. The quantitative estimate of drug-likeness (QED) is 0.336. The Labute approximate surface area is 243 Å². The lowest BCUT2D eigenvalue weighted by atomic mass is 9.69. The lowest BCUT2D eigenvalue weighted by molar-refractivity contribution is -0.143. The molecule has 1 saturated heterocycles. The standard InChI is InChI=1S/C27H29Cl2F6N3O3/c1-25(2,3)22-21(15-5-6-18(28)19(29)11-15)20(7-8-38(22)24(40)41)36-23(39)37(4)13-14-9-16(26(30,31)32)12-17(10-14)27(33,34)35/h5-6,9-12,20-22H,7-8,13H2,1-4H3,(H,36,39)(H,40,41)/t20-,21-,22?/m1/s1. The number of rotatable bonds is 4. The monoisotopic (exact) mass is 627 g/mol. The molecule has 3 rings (SSSR count). The first kappa shape index (κ1) is 32.7. The molecule has 2 aromatic carbocycles. The van der Waals surface area contributed by atoms with Crippen molar-refractivity contribution in [2.24, 2.45) is 5.41 Å². The molecule has 0 bridgehead atoms. The van der Waals surface area contributed by atoms with Crippen LogP contribution in [0.25, 0.3) is 0 Å². The summed E-state index contributed by atoms with van der Waals surface area (Å²) >= 11 is 12.3. The molecule has 226 valence electrons. The van der Waals surface area contributed by atoms with Gasteiger partial charge in [-0.25, -0.2) is 9.59 Å². The molecule has 3 amide bonds. The maximum absolute atomic E-state index is 13.3. The van der Waals surface area contributed by atoms with E-state index in [9.17, 15) is 41.0 Å². The molecule has 0 aromatic heterocycles. The third-order valence-electron chi connectivity index (χ3n) is 6.97. The fourth-order valence-electron chi connectivity index (χ4n) is 5.25. The van der Waals surface area contributed by atoms with Gasteiger partial charge in [-0.3, -0.25) is 0 Å². The van der Waals surface area contributed by atoms with Gasteiger partial charge in [0.2, 0.25) is 0 Å². The van der Waals surface area contributed by atoms with Gasteiger partial charge in [-0.15, -0.1) is 0 Å². The predicted octanol–water partition coefficient (Wildman–Crippen LogP) is 8.12. The Morgan fingerprint density at radius 3 is 2.00 bits per heavy atom. The summed E-state index contributed by atoms with van der Waals surface area (Å²) in [5, 5.41) is 13.2. The Hall–Kier alpha value is -2.86. The van der Waals surface area contributed by atoms with E-state index >= 15 is 0 Å². The van der Waals surface area contributed by atoms with Crippen LogP contribution in [0, 0.1) is 5.41 Å². The molecular formula is C27H29Cl2F6N3O3. The highest BCUT2D eigenvalue weighted by molar-refractivity contribution is 6.42. The minimum absolute atomic E-state index is 0.0221. The van der Waals surface area contributed by atoms with Gasteiger partial charge in [0.15, 0.2) is 0 Å². The Bertz CT molecular complexity index is 1260. The van der Waals surface area contributed by atoms with Crippen molar-refractivity contribution in [1.29, 1.82) is 0 Å². The number of halogens is 8. The van der Waals surface area contributed by atoms with Crippen LogP contribution in [0.4, 0.5) is 35.9 Å². The van der Waals surface area contributed by atoms with Gasteiger partial charge in [0.1, 0.15) is 0 Å². The molecule has 0 radical (unpaired) electrons. The van der Waals surface area contributed by atoms with Gasteiger partial charge in [0.05, 0.1) is 21.2 Å². The molecule has 2 N–H and O–H groups in total. The summed E-state index contributed by atoms with van der Waals surface area (Å²) in [6.45, 7) is 5.07. The van der Waals surface area contributed by atoms with Crippen LogP contribution < -0.4 is 5.32 Å². The summed E-state index contributed by atoms with van der Waals surface area (Å²) in [5.74, 6) is -0.614. The third-order valence-corrected chi connectivity index (χ3v) is 7.71. The van der Waals surface area contributed by atoms with Crippen molar-refractivity contribution in [3.05, 3.63) is 68.7 Å². The Morgan fingerprint density at radius 1 is 0.976 bits per heavy atom. The second kappa shape index (κ2) is 11.8. The number of benzene rings is 2. The highest BCUT2D eigenvalue weighted by Crippen LogP contribution is 2.43. The molecular weight excluding hydrogens is 599 g/mol. The molecule has 0 spiro atoms.